The molecule has 0 spiro atoms. The summed E-state index contributed by atoms with van der Waals surface area (Å²) in [7, 11) is 0. The lowest BCUT2D eigenvalue weighted by atomic mass is 10.0. The second-order valence-corrected chi connectivity index (χ2v) is 7.66. The van der Waals surface area contributed by atoms with Crippen molar-refractivity contribution in [1.29, 1.82) is 0 Å². The van der Waals surface area contributed by atoms with Crippen LogP contribution in [0.1, 0.15) is 30.9 Å². The first-order valence-corrected chi connectivity index (χ1v) is 10.1. The molecule has 0 bridgehead atoms. The number of pyridine rings is 1. The van der Waals surface area contributed by atoms with Gasteiger partial charge in [0.2, 0.25) is 5.91 Å². The first-order valence-electron chi connectivity index (χ1n) is 10.1. The SMILES string of the molecule is CC(CNC(=O)C(C)N1CCN(c2ccc(C(F)(F)F)cn2)CC1)c1ccccc1. The number of hydrogen-bond donors (Lipinski definition) is 1. The summed E-state index contributed by atoms with van der Waals surface area (Å²) in [5.74, 6) is 0.736. The van der Waals surface area contributed by atoms with Crippen molar-refractivity contribution in [3.05, 3.63) is 59.8 Å². The topological polar surface area (TPSA) is 48.5 Å². The van der Waals surface area contributed by atoms with Crippen LogP contribution >= 0.6 is 0 Å². The van der Waals surface area contributed by atoms with Crippen molar-refractivity contribution >= 4 is 11.7 Å². The van der Waals surface area contributed by atoms with Crippen LogP contribution < -0.4 is 10.2 Å². The second-order valence-electron chi connectivity index (χ2n) is 7.66. The van der Waals surface area contributed by atoms with Crippen LogP contribution in [0, 0.1) is 0 Å². The lowest BCUT2D eigenvalue weighted by Crippen LogP contribution is -2.54. The highest BCUT2D eigenvalue weighted by Gasteiger charge is 2.31. The van der Waals surface area contributed by atoms with Crippen LogP contribution in [-0.4, -0.2) is 54.6 Å². The van der Waals surface area contributed by atoms with Crippen LogP contribution in [0.15, 0.2) is 48.7 Å². The number of alkyl halides is 3. The van der Waals surface area contributed by atoms with E-state index in [-0.39, 0.29) is 17.9 Å². The molecule has 8 heteroatoms. The molecule has 162 valence electrons. The van der Waals surface area contributed by atoms with Gasteiger partial charge < -0.3 is 10.2 Å². The van der Waals surface area contributed by atoms with E-state index in [1.165, 1.54) is 11.6 Å². The van der Waals surface area contributed by atoms with Crippen LogP contribution in [-0.2, 0) is 11.0 Å². The number of nitrogens with zero attached hydrogens (tertiary/aromatic N) is 3. The van der Waals surface area contributed by atoms with Crippen LogP contribution in [0.5, 0.6) is 0 Å². The predicted octanol–water partition coefficient (Wildman–Crippen LogP) is 3.53. The minimum Gasteiger partial charge on any atom is -0.354 e. The minimum atomic E-state index is -4.38. The molecule has 1 aromatic heterocycles. The van der Waals surface area contributed by atoms with E-state index in [0.717, 1.165) is 12.3 Å². The van der Waals surface area contributed by atoms with Gasteiger partial charge in [-0.25, -0.2) is 4.98 Å². The van der Waals surface area contributed by atoms with Gasteiger partial charge in [0.1, 0.15) is 5.82 Å². The summed E-state index contributed by atoms with van der Waals surface area (Å²) in [6.07, 6.45) is -3.52. The molecule has 2 aromatic rings. The molecule has 2 atom stereocenters. The highest BCUT2D eigenvalue weighted by atomic mass is 19.4. The monoisotopic (exact) mass is 420 g/mol. The Kier molecular flexibility index (Phi) is 6.97. The van der Waals surface area contributed by atoms with Gasteiger partial charge in [0.15, 0.2) is 0 Å². The molecule has 0 saturated carbocycles. The number of carbonyl (C=O) groups is 1. The zero-order chi connectivity index (χ0) is 21.7. The predicted molar refractivity (Wildman–Crippen MR) is 110 cm³/mol. The van der Waals surface area contributed by atoms with E-state index >= 15 is 0 Å². The first-order chi connectivity index (χ1) is 14.3. The number of amides is 1. The van der Waals surface area contributed by atoms with Gasteiger partial charge in [-0.15, -0.1) is 0 Å². The van der Waals surface area contributed by atoms with E-state index in [0.29, 0.717) is 38.5 Å². The first kappa shape index (κ1) is 22.1. The highest BCUT2D eigenvalue weighted by Crippen LogP contribution is 2.29. The van der Waals surface area contributed by atoms with Crippen molar-refractivity contribution in [2.75, 3.05) is 37.6 Å². The van der Waals surface area contributed by atoms with Gasteiger partial charge >= 0.3 is 6.18 Å². The van der Waals surface area contributed by atoms with Crippen molar-refractivity contribution in [3.8, 4) is 0 Å². The van der Waals surface area contributed by atoms with E-state index in [1.54, 1.807) is 0 Å². The fraction of sp³-hybridized carbons (Fsp3) is 0.455. The summed E-state index contributed by atoms with van der Waals surface area (Å²) in [4.78, 5) is 20.6. The van der Waals surface area contributed by atoms with Crippen molar-refractivity contribution in [1.82, 2.24) is 15.2 Å². The minimum absolute atomic E-state index is 0.0149. The third-order valence-corrected chi connectivity index (χ3v) is 5.59. The number of hydrogen-bond acceptors (Lipinski definition) is 4. The zero-order valence-electron chi connectivity index (χ0n) is 17.2. The lowest BCUT2D eigenvalue weighted by molar-refractivity contribution is -0.137. The third-order valence-electron chi connectivity index (χ3n) is 5.59. The average Bonchev–Trinajstić information content (AvgIpc) is 2.77. The largest absolute Gasteiger partial charge is 0.417 e. The number of rotatable bonds is 6. The Hall–Kier alpha value is -2.61. The molecule has 2 heterocycles. The number of anilines is 1. The van der Waals surface area contributed by atoms with Crippen LogP contribution in [0.25, 0.3) is 0 Å². The number of carbonyl (C=O) groups excluding carboxylic acids is 1. The van der Waals surface area contributed by atoms with Crippen molar-refractivity contribution in [2.45, 2.75) is 32.0 Å². The Balaban J connectivity index is 1.47. The normalized spacial score (nSPS) is 17.4. The van der Waals surface area contributed by atoms with E-state index in [4.69, 9.17) is 0 Å². The van der Waals surface area contributed by atoms with Gasteiger partial charge in [0.05, 0.1) is 11.6 Å². The van der Waals surface area contributed by atoms with Gasteiger partial charge in [-0.3, -0.25) is 9.69 Å². The zero-order valence-corrected chi connectivity index (χ0v) is 17.2. The fourth-order valence-electron chi connectivity index (χ4n) is 3.55. The molecule has 1 aliphatic rings. The van der Waals surface area contributed by atoms with Crippen LogP contribution in [0.3, 0.4) is 0 Å². The standard InChI is InChI=1S/C22H27F3N4O/c1-16(18-6-4-3-5-7-18)14-27-21(30)17(2)28-10-12-29(13-11-28)20-9-8-19(15-26-20)22(23,24)25/h3-9,15-17H,10-14H2,1-2H3,(H,27,30). The Labute approximate surface area is 174 Å². The molecule has 5 nitrogen and oxygen atoms in total. The Bertz CT molecular complexity index is 819. The van der Waals surface area contributed by atoms with Crippen molar-refractivity contribution in [2.24, 2.45) is 0 Å². The maximum atomic E-state index is 12.7. The summed E-state index contributed by atoms with van der Waals surface area (Å²) in [6, 6.07) is 12.2. The van der Waals surface area contributed by atoms with Crippen LogP contribution in [0.2, 0.25) is 0 Å². The van der Waals surface area contributed by atoms with Crippen LogP contribution in [0.4, 0.5) is 19.0 Å². The Morgan fingerprint density at radius 2 is 1.73 bits per heavy atom. The number of benzene rings is 1. The number of piperazine rings is 1. The van der Waals surface area contributed by atoms with Gasteiger partial charge in [-0.2, -0.15) is 13.2 Å². The molecule has 0 radical (unpaired) electrons. The van der Waals surface area contributed by atoms with Gasteiger partial charge in [-0.1, -0.05) is 37.3 Å². The molecule has 30 heavy (non-hydrogen) atoms. The smallest absolute Gasteiger partial charge is 0.354 e. The average molecular weight is 420 g/mol. The molecule has 1 saturated heterocycles. The fourth-order valence-corrected chi connectivity index (χ4v) is 3.55. The number of halogens is 3. The van der Waals surface area contributed by atoms with Gasteiger partial charge in [0, 0.05) is 38.9 Å². The summed E-state index contributed by atoms with van der Waals surface area (Å²) in [6.45, 7) is 7.04. The van der Waals surface area contributed by atoms with Gasteiger partial charge in [0.25, 0.3) is 0 Å². The molecule has 1 aliphatic heterocycles. The van der Waals surface area contributed by atoms with Gasteiger partial charge in [-0.05, 0) is 30.5 Å². The van der Waals surface area contributed by atoms with E-state index < -0.39 is 11.7 Å². The summed E-state index contributed by atoms with van der Waals surface area (Å²) in [5.41, 5.74) is 0.433. The second kappa shape index (κ2) is 9.47. The molecular formula is C22H27F3N4O. The van der Waals surface area contributed by atoms with Crippen molar-refractivity contribution in [3.63, 3.8) is 0 Å². The third kappa shape index (κ3) is 5.50. The summed E-state index contributed by atoms with van der Waals surface area (Å²) in [5, 5.41) is 3.03. The Morgan fingerprint density at radius 3 is 2.30 bits per heavy atom. The molecule has 2 unspecified atom stereocenters. The maximum absolute atomic E-state index is 12.7. The molecule has 3 rings (SSSR count). The molecule has 1 fully saturated rings. The number of aromatic nitrogens is 1. The molecule has 1 N–H and O–H groups in total. The Morgan fingerprint density at radius 1 is 1.07 bits per heavy atom. The van der Waals surface area contributed by atoms with E-state index in [2.05, 4.69) is 34.3 Å². The summed E-state index contributed by atoms with van der Waals surface area (Å²) < 4.78 is 38.1. The molecular weight excluding hydrogens is 393 g/mol. The van der Waals surface area contributed by atoms with E-state index in [1.807, 2.05) is 30.0 Å². The highest BCUT2D eigenvalue weighted by molar-refractivity contribution is 5.81. The molecule has 0 aliphatic carbocycles. The number of nitrogens with one attached hydrogen (secondary N) is 1. The maximum Gasteiger partial charge on any atom is 0.417 e. The summed E-state index contributed by atoms with van der Waals surface area (Å²) >= 11 is 0. The molecule has 1 amide bonds. The van der Waals surface area contributed by atoms with E-state index in [9.17, 15) is 18.0 Å². The quantitative estimate of drug-likeness (QED) is 0.777. The van der Waals surface area contributed by atoms with Crippen molar-refractivity contribution < 1.29 is 18.0 Å². The lowest BCUT2D eigenvalue weighted by Gasteiger charge is -2.38. The molecule has 1 aromatic carbocycles.